The molecule has 31 heavy (non-hydrogen) atoms. The second-order valence-electron chi connectivity index (χ2n) is 7.72. The minimum Gasteiger partial charge on any atom is -0.497 e. The van der Waals surface area contributed by atoms with Crippen LogP contribution in [-0.4, -0.2) is 44.4 Å². The second-order valence-corrected chi connectivity index (χ2v) is 11.8. The summed E-state index contributed by atoms with van der Waals surface area (Å²) in [5, 5.41) is 4.42. The number of aromatic nitrogens is 2. The van der Waals surface area contributed by atoms with Gasteiger partial charge in [0, 0.05) is 26.7 Å². The van der Waals surface area contributed by atoms with Gasteiger partial charge in [0.05, 0.1) is 24.1 Å². The summed E-state index contributed by atoms with van der Waals surface area (Å²) in [6.45, 7) is 7.19. The Morgan fingerprint density at radius 1 is 1.16 bits per heavy atom. The topological polar surface area (TPSA) is 88.5 Å². The van der Waals surface area contributed by atoms with E-state index < -0.39 is 9.92 Å². The normalized spacial score (nSPS) is 13.6. The van der Waals surface area contributed by atoms with Crippen LogP contribution >= 0.6 is 0 Å². The van der Waals surface area contributed by atoms with Gasteiger partial charge in [0.2, 0.25) is 0 Å². The molecule has 0 saturated carbocycles. The summed E-state index contributed by atoms with van der Waals surface area (Å²) >= 11 is 0. The summed E-state index contributed by atoms with van der Waals surface area (Å²) < 4.78 is 26.0. The van der Waals surface area contributed by atoms with Crippen LogP contribution < -0.4 is 14.8 Å². The van der Waals surface area contributed by atoms with Gasteiger partial charge in [-0.3, -0.25) is 0 Å². The standard InChI is InChI=1S/C22H29N5O2SSi/c1-22(2,31-5)12-13-26-30(28,23-3)18-9-6-16(7-10-18)27-21-19-11-8-17(29-4)14-20(19)24-15-25-21/h6-11,14-15H,12-13H2,1-5H3,(H,23,26,28)(H,24,25,27). The van der Waals surface area contributed by atoms with Gasteiger partial charge < -0.3 is 10.1 Å². The molecule has 164 valence electrons. The minimum absolute atomic E-state index is 0.218. The van der Waals surface area contributed by atoms with Gasteiger partial charge in [0.15, 0.2) is 0 Å². The fraction of sp³-hybridized carbons (Fsp3) is 0.364. The Morgan fingerprint density at radius 3 is 2.55 bits per heavy atom. The van der Waals surface area contributed by atoms with Crippen molar-refractivity contribution in [3.63, 3.8) is 0 Å². The molecule has 3 rings (SSSR count). The first-order chi connectivity index (χ1) is 14.8. The maximum absolute atomic E-state index is 13.3. The molecule has 3 aromatic rings. The molecule has 0 fully saturated rings. The van der Waals surface area contributed by atoms with E-state index >= 15 is 0 Å². The number of anilines is 2. The lowest BCUT2D eigenvalue weighted by Gasteiger charge is -2.20. The zero-order valence-electron chi connectivity index (χ0n) is 18.6. The highest BCUT2D eigenvalue weighted by molar-refractivity contribution is 7.91. The monoisotopic (exact) mass is 455 g/mol. The molecule has 2 aromatic carbocycles. The lowest BCUT2D eigenvalue weighted by atomic mass is 10.1. The zero-order valence-corrected chi connectivity index (χ0v) is 20.4. The van der Waals surface area contributed by atoms with E-state index in [9.17, 15) is 4.21 Å². The smallest absolute Gasteiger partial charge is 0.141 e. The van der Waals surface area contributed by atoms with Crippen LogP contribution in [0.15, 0.2) is 58.1 Å². The molecule has 2 radical (unpaired) electrons. The Morgan fingerprint density at radius 2 is 1.90 bits per heavy atom. The van der Waals surface area contributed by atoms with Crippen LogP contribution in [0.2, 0.25) is 11.6 Å². The number of nitrogens with one attached hydrogen (secondary N) is 2. The van der Waals surface area contributed by atoms with Crippen molar-refractivity contribution in [1.29, 1.82) is 0 Å². The summed E-state index contributed by atoms with van der Waals surface area (Å²) in [5.41, 5.74) is 1.63. The summed E-state index contributed by atoms with van der Waals surface area (Å²) in [5.74, 6) is 1.44. The quantitative estimate of drug-likeness (QED) is 0.457. The van der Waals surface area contributed by atoms with Crippen LogP contribution in [0.4, 0.5) is 11.5 Å². The van der Waals surface area contributed by atoms with Gasteiger partial charge in [-0.25, -0.2) is 23.3 Å². The highest BCUT2D eigenvalue weighted by Gasteiger charge is 2.16. The van der Waals surface area contributed by atoms with Gasteiger partial charge in [-0.1, -0.05) is 20.4 Å². The molecule has 0 aliphatic heterocycles. The third-order valence-corrected chi connectivity index (χ3v) is 8.86. The molecule has 7 nitrogen and oxygen atoms in total. The van der Waals surface area contributed by atoms with Crippen molar-refractivity contribution in [3.8, 4) is 5.75 Å². The van der Waals surface area contributed by atoms with Gasteiger partial charge in [-0.15, -0.1) is 0 Å². The van der Waals surface area contributed by atoms with E-state index in [1.807, 2.05) is 42.5 Å². The summed E-state index contributed by atoms with van der Waals surface area (Å²) in [4.78, 5) is 9.34. The number of methoxy groups -OCH3 is 1. The average Bonchev–Trinajstić information content (AvgIpc) is 2.79. The van der Waals surface area contributed by atoms with Crippen LogP contribution in [0.5, 0.6) is 5.75 Å². The Hall–Kier alpha value is -2.49. The highest BCUT2D eigenvalue weighted by Crippen LogP contribution is 2.28. The van der Waals surface area contributed by atoms with Crippen LogP contribution in [-0.2, 0) is 9.92 Å². The number of hydrogen-bond acceptors (Lipinski definition) is 6. The first kappa shape index (κ1) is 23.2. The van der Waals surface area contributed by atoms with E-state index in [0.29, 0.717) is 17.3 Å². The van der Waals surface area contributed by atoms with E-state index in [1.54, 1.807) is 14.2 Å². The van der Waals surface area contributed by atoms with Crippen molar-refractivity contribution >= 4 is 41.8 Å². The fourth-order valence-corrected chi connectivity index (χ4v) is 4.69. The maximum Gasteiger partial charge on any atom is 0.141 e. The van der Waals surface area contributed by atoms with Gasteiger partial charge in [-0.05, 0) is 54.9 Å². The third kappa shape index (κ3) is 5.60. The van der Waals surface area contributed by atoms with E-state index in [-0.39, 0.29) is 5.04 Å². The predicted molar refractivity (Wildman–Crippen MR) is 129 cm³/mol. The van der Waals surface area contributed by atoms with E-state index in [1.165, 1.54) is 6.33 Å². The van der Waals surface area contributed by atoms with Crippen molar-refractivity contribution in [2.45, 2.75) is 36.7 Å². The average molecular weight is 456 g/mol. The Labute approximate surface area is 187 Å². The number of ether oxygens (including phenoxy) is 1. The molecule has 0 aliphatic rings. The highest BCUT2D eigenvalue weighted by atomic mass is 32.2. The summed E-state index contributed by atoms with van der Waals surface area (Å²) in [6, 6.07) is 13.1. The molecule has 2 N–H and O–H groups in total. The van der Waals surface area contributed by atoms with Crippen molar-refractivity contribution in [1.82, 2.24) is 14.7 Å². The molecular formula is C22H29N5O2SSi. The predicted octanol–water partition coefficient (Wildman–Crippen LogP) is 4.68. The maximum atomic E-state index is 13.3. The van der Waals surface area contributed by atoms with Gasteiger partial charge in [0.1, 0.15) is 27.8 Å². The third-order valence-electron chi connectivity index (χ3n) is 5.24. The lowest BCUT2D eigenvalue weighted by molar-refractivity contribution is 0.415. The van der Waals surface area contributed by atoms with Gasteiger partial charge >= 0.3 is 0 Å². The first-order valence-corrected chi connectivity index (χ1v) is 13.1. The summed E-state index contributed by atoms with van der Waals surface area (Å²) in [7, 11) is 1.48. The van der Waals surface area contributed by atoms with Gasteiger partial charge in [0.25, 0.3) is 0 Å². The molecule has 1 aromatic heterocycles. The first-order valence-electron chi connectivity index (χ1n) is 10.1. The van der Waals surface area contributed by atoms with E-state index in [0.717, 1.165) is 38.3 Å². The number of nitrogens with zero attached hydrogens (tertiary/aromatic N) is 3. The van der Waals surface area contributed by atoms with Crippen molar-refractivity contribution < 1.29 is 8.95 Å². The molecule has 1 heterocycles. The van der Waals surface area contributed by atoms with E-state index in [2.05, 4.69) is 44.8 Å². The van der Waals surface area contributed by atoms with Crippen LogP contribution in [0.25, 0.3) is 10.9 Å². The molecule has 0 saturated heterocycles. The Balaban J connectivity index is 1.81. The molecule has 0 aliphatic carbocycles. The fourth-order valence-electron chi connectivity index (χ4n) is 2.96. The zero-order chi connectivity index (χ0) is 22.5. The number of hydrogen-bond donors (Lipinski definition) is 2. The number of benzene rings is 2. The number of rotatable bonds is 9. The summed E-state index contributed by atoms with van der Waals surface area (Å²) in [6.07, 6.45) is 2.43. The minimum atomic E-state index is -2.66. The second kappa shape index (κ2) is 9.76. The van der Waals surface area contributed by atoms with E-state index in [4.69, 9.17) is 4.74 Å². The SMILES string of the molecule is CNS(=O)(=NCCC(C)(C)[Si]C)c1ccc(Nc2ncnc3cc(OC)ccc23)cc1. The molecule has 0 spiro atoms. The lowest BCUT2D eigenvalue weighted by Crippen LogP contribution is -2.20. The Bertz CT molecular complexity index is 1160. The van der Waals surface area contributed by atoms with Crippen molar-refractivity contribution in [3.05, 3.63) is 48.8 Å². The molecule has 0 bridgehead atoms. The number of fused-ring (bicyclic) bond motifs is 1. The van der Waals surface area contributed by atoms with Crippen molar-refractivity contribution in [2.75, 3.05) is 26.0 Å². The molecule has 0 amide bonds. The van der Waals surface area contributed by atoms with Crippen LogP contribution in [0.3, 0.4) is 0 Å². The molecule has 9 heteroatoms. The van der Waals surface area contributed by atoms with Crippen molar-refractivity contribution in [2.24, 2.45) is 4.36 Å². The molecule has 1 unspecified atom stereocenters. The molecule has 1 atom stereocenters. The van der Waals surface area contributed by atoms with Gasteiger partial charge in [-0.2, -0.15) is 0 Å². The Kier molecular flexibility index (Phi) is 7.29. The largest absolute Gasteiger partial charge is 0.497 e. The van der Waals surface area contributed by atoms with Crippen LogP contribution in [0, 0.1) is 0 Å². The van der Waals surface area contributed by atoms with Crippen LogP contribution in [0.1, 0.15) is 20.3 Å². The molecular weight excluding hydrogens is 426 g/mol.